The third-order valence-electron chi connectivity index (χ3n) is 4.16. The van der Waals surface area contributed by atoms with Gasteiger partial charge >= 0.3 is 0 Å². The van der Waals surface area contributed by atoms with Crippen LogP contribution in [0.3, 0.4) is 0 Å². The average molecular weight is 309 g/mol. The van der Waals surface area contributed by atoms with Gasteiger partial charge in [0.25, 0.3) is 0 Å². The van der Waals surface area contributed by atoms with Crippen molar-refractivity contribution in [2.24, 2.45) is 0 Å². The Labute approximate surface area is 132 Å². The van der Waals surface area contributed by atoms with E-state index in [9.17, 15) is 9.18 Å². The fourth-order valence-electron chi connectivity index (χ4n) is 2.71. The molecule has 0 bridgehead atoms. The van der Waals surface area contributed by atoms with E-state index in [1.54, 1.807) is 18.3 Å². The fourth-order valence-corrected chi connectivity index (χ4v) is 2.71. The molecule has 1 fully saturated rings. The molecule has 4 rings (SSSR count). The quantitative estimate of drug-likeness (QED) is 0.779. The third-order valence-corrected chi connectivity index (χ3v) is 4.16. The zero-order valence-electron chi connectivity index (χ0n) is 12.5. The van der Waals surface area contributed by atoms with E-state index in [0.29, 0.717) is 23.8 Å². The molecule has 2 aromatic heterocycles. The molecular formula is C18H16FN3O. The number of nitrogens with one attached hydrogen (secondary N) is 2. The van der Waals surface area contributed by atoms with Crippen LogP contribution in [0, 0.1) is 5.82 Å². The van der Waals surface area contributed by atoms with Crippen LogP contribution >= 0.6 is 0 Å². The number of hydrogen-bond acceptors (Lipinski definition) is 3. The van der Waals surface area contributed by atoms with E-state index < -0.39 is 0 Å². The van der Waals surface area contributed by atoms with Crippen LogP contribution in [-0.4, -0.2) is 16.0 Å². The van der Waals surface area contributed by atoms with Gasteiger partial charge in [-0.3, -0.25) is 4.79 Å². The molecule has 1 aliphatic carbocycles. The number of aromatic amines is 1. The van der Waals surface area contributed by atoms with Gasteiger partial charge in [0.15, 0.2) is 0 Å². The smallest absolute Gasteiger partial charge is 0.249 e. The number of rotatable bonds is 4. The van der Waals surface area contributed by atoms with E-state index in [2.05, 4.69) is 15.3 Å². The lowest BCUT2D eigenvalue weighted by atomic mass is 10.0. The Hall–Kier alpha value is -2.53. The topological polar surface area (TPSA) is 57.8 Å². The molecule has 0 radical (unpaired) electrons. The van der Waals surface area contributed by atoms with Crippen molar-refractivity contribution >= 4 is 11.0 Å². The summed E-state index contributed by atoms with van der Waals surface area (Å²) < 4.78 is 14.4. The molecule has 4 nitrogen and oxygen atoms in total. The van der Waals surface area contributed by atoms with Crippen molar-refractivity contribution in [3.63, 3.8) is 0 Å². The van der Waals surface area contributed by atoms with E-state index >= 15 is 0 Å². The van der Waals surface area contributed by atoms with Crippen molar-refractivity contribution in [3.05, 3.63) is 64.3 Å². The largest absolute Gasteiger partial charge is 0.310 e. The Balaban J connectivity index is 1.72. The number of fused-ring (bicyclic) bond motifs is 1. The number of nitrogens with zero attached hydrogens (tertiary/aromatic N) is 1. The summed E-state index contributed by atoms with van der Waals surface area (Å²) >= 11 is 0. The van der Waals surface area contributed by atoms with Crippen LogP contribution in [0.4, 0.5) is 4.39 Å². The van der Waals surface area contributed by atoms with Crippen LogP contribution in [0.25, 0.3) is 22.2 Å². The summed E-state index contributed by atoms with van der Waals surface area (Å²) in [5.41, 5.74) is 2.61. The molecule has 0 atom stereocenters. The van der Waals surface area contributed by atoms with E-state index in [1.807, 2.05) is 18.2 Å². The minimum Gasteiger partial charge on any atom is -0.310 e. The monoisotopic (exact) mass is 309 g/mol. The maximum Gasteiger partial charge on any atom is 0.249 e. The summed E-state index contributed by atoms with van der Waals surface area (Å²) in [5, 5.41) is 4.12. The van der Waals surface area contributed by atoms with Crippen molar-refractivity contribution in [1.29, 1.82) is 0 Å². The van der Waals surface area contributed by atoms with Crippen molar-refractivity contribution in [2.75, 3.05) is 0 Å². The first-order valence-electron chi connectivity index (χ1n) is 7.71. The van der Waals surface area contributed by atoms with Crippen LogP contribution in [-0.2, 0) is 6.54 Å². The average Bonchev–Trinajstić information content (AvgIpc) is 3.37. The Kier molecular flexibility index (Phi) is 3.42. The highest BCUT2D eigenvalue weighted by Gasteiger charge is 2.20. The molecule has 23 heavy (non-hydrogen) atoms. The zero-order chi connectivity index (χ0) is 15.8. The number of H-pyrrole nitrogens is 1. The van der Waals surface area contributed by atoms with Gasteiger partial charge in [0.2, 0.25) is 5.56 Å². The molecular weight excluding hydrogens is 293 g/mol. The normalized spacial score (nSPS) is 14.3. The predicted molar refractivity (Wildman–Crippen MR) is 87.6 cm³/mol. The molecule has 2 N–H and O–H groups in total. The maximum atomic E-state index is 14.4. The molecule has 5 heteroatoms. The minimum atomic E-state index is -0.218. The van der Waals surface area contributed by atoms with Gasteiger partial charge < -0.3 is 10.3 Å². The SMILES string of the molecule is O=c1ccc2c(-c3ccc(CNC4CC4)c(F)c3)ccnc2[nH]1. The predicted octanol–water partition coefficient (Wildman–Crippen LogP) is 2.98. The Bertz CT molecular complexity index is 931. The molecule has 1 aliphatic rings. The van der Waals surface area contributed by atoms with Gasteiger partial charge in [-0.2, -0.15) is 0 Å². The highest BCUT2D eigenvalue weighted by Crippen LogP contribution is 2.28. The van der Waals surface area contributed by atoms with Gasteiger partial charge in [-0.1, -0.05) is 12.1 Å². The van der Waals surface area contributed by atoms with Crippen LogP contribution in [0.2, 0.25) is 0 Å². The van der Waals surface area contributed by atoms with Crippen LogP contribution in [0.1, 0.15) is 18.4 Å². The second-order valence-electron chi connectivity index (χ2n) is 5.90. The third kappa shape index (κ3) is 2.87. The number of aromatic nitrogens is 2. The lowest BCUT2D eigenvalue weighted by Crippen LogP contribution is -2.16. The van der Waals surface area contributed by atoms with Gasteiger partial charge in [-0.25, -0.2) is 9.37 Å². The molecule has 0 saturated heterocycles. The van der Waals surface area contributed by atoms with Crippen LogP contribution < -0.4 is 10.9 Å². The molecule has 0 unspecified atom stereocenters. The van der Waals surface area contributed by atoms with Crippen molar-refractivity contribution in [2.45, 2.75) is 25.4 Å². The standard InChI is InChI=1S/C18H16FN3O/c19-16-9-11(1-2-12(16)10-21-13-3-4-13)14-7-8-20-18-15(14)5-6-17(23)22-18/h1-2,5-9,13,21H,3-4,10H2,(H,20,22,23). The minimum absolute atomic E-state index is 0.199. The van der Waals surface area contributed by atoms with Crippen LogP contribution in [0.15, 0.2) is 47.4 Å². The van der Waals surface area contributed by atoms with Crippen molar-refractivity contribution in [3.8, 4) is 11.1 Å². The second-order valence-corrected chi connectivity index (χ2v) is 5.90. The number of pyridine rings is 2. The first-order valence-corrected chi connectivity index (χ1v) is 7.71. The van der Waals surface area contributed by atoms with Gasteiger partial charge in [-0.15, -0.1) is 0 Å². The molecule has 2 heterocycles. The number of benzene rings is 1. The summed E-state index contributed by atoms with van der Waals surface area (Å²) in [4.78, 5) is 18.3. The lowest BCUT2D eigenvalue weighted by Gasteiger charge is -2.09. The highest BCUT2D eigenvalue weighted by molar-refractivity contribution is 5.92. The molecule has 1 aromatic carbocycles. The Morgan fingerprint density at radius 1 is 1.22 bits per heavy atom. The first-order chi connectivity index (χ1) is 11.2. The summed E-state index contributed by atoms with van der Waals surface area (Å²) in [6.45, 7) is 0.557. The van der Waals surface area contributed by atoms with Crippen molar-refractivity contribution < 1.29 is 4.39 Å². The lowest BCUT2D eigenvalue weighted by molar-refractivity contribution is 0.587. The van der Waals surface area contributed by atoms with Gasteiger partial charge in [0.1, 0.15) is 11.5 Å². The second kappa shape index (κ2) is 5.59. The summed E-state index contributed by atoms with van der Waals surface area (Å²) in [6, 6.07) is 10.8. The van der Waals surface area contributed by atoms with Gasteiger partial charge in [0.05, 0.1) is 0 Å². The summed E-state index contributed by atoms with van der Waals surface area (Å²) in [5.74, 6) is -0.218. The molecule has 0 spiro atoms. The van der Waals surface area contributed by atoms with E-state index in [0.717, 1.165) is 16.5 Å². The van der Waals surface area contributed by atoms with E-state index in [4.69, 9.17) is 0 Å². The Morgan fingerprint density at radius 3 is 2.87 bits per heavy atom. The summed E-state index contributed by atoms with van der Waals surface area (Å²) in [6.07, 6.45) is 3.98. The zero-order valence-corrected chi connectivity index (χ0v) is 12.5. The fraction of sp³-hybridized carbons (Fsp3) is 0.222. The molecule has 0 amide bonds. The highest BCUT2D eigenvalue weighted by atomic mass is 19.1. The molecule has 3 aromatic rings. The maximum absolute atomic E-state index is 14.4. The first kappa shape index (κ1) is 14.1. The number of hydrogen-bond donors (Lipinski definition) is 2. The van der Waals surface area contributed by atoms with Gasteiger partial charge in [0, 0.05) is 35.8 Å². The van der Waals surface area contributed by atoms with Crippen molar-refractivity contribution in [1.82, 2.24) is 15.3 Å². The summed E-state index contributed by atoms with van der Waals surface area (Å²) in [7, 11) is 0. The van der Waals surface area contributed by atoms with E-state index in [1.165, 1.54) is 18.9 Å². The Morgan fingerprint density at radius 2 is 2.09 bits per heavy atom. The molecule has 1 saturated carbocycles. The van der Waals surface area contributed by atoms with Gasteiger partial charge in [-0.05, 0) is 42.2 Å². The van der Waals surface area contributed by atoms with E-state index in [-0.39, 0.29) is 11.4 Å². The molecule has 116 valence electrons. The van der Waals surface area contributed by atoms with Crippen LogP contribution in [0.5, 0.6) is 0 Å². The number of halogens is 1. The molecule has 0 aliphatic heterocycles.